The van der Waals surface area contributed by atoms with E-state index in [1.807, 2.05) is 60.0 Å². The van der Waals surface area contributed by atoms with Crippen LogP contribution in [0.15, 0.2) is 59.5 Å². The van der Waals surface area contributed by atoms with Crippen LogP contribution in [-0.2, 0) is 6.54 Å². The van der Waals surface area contributed by atoms with Crippen molar-refractivity contribution in [1.29, 1.82) is 0 Å². The third kappa shape index (κ3) is 3.69. The summed E-state index contributed by atoms with van der Waals surface area (Å²) in [6.45, 7) is 2.50. The van der Waals surface area contributed by atoms with Crippen LogP contribution in [0.4, 0.5) is 11.6 Å². The lowest BCUT2D eigenvalue weighted by molar-refractivity contribution is 0.402. The number of nitrogens with one attached hydrogen (secondary N) is 1. The fourth-order valence-electron chi connectivity index (χ4n) is 2.76. The summed E-state index contributed by atoms with van der Waals surface area (Å²) in [6.07, 6.45) is 1.66. The van der Waals surface area contributed by atoms with Gasteiger partial charge in [-0.3, -0.25) is 4.79 Å². The SMILES string of the molecule is COc1c(C)cccc1Nc1nc(=O)c(OC)cn1Cc1ccccc1. The van der Waals surface area contributed by atoms with Crippen molar-refractivity contribution in [1.82, 2.24) is 9.55 Å². The summed E-state index contributed by atoms with van der Waals surface area (Å²) in [5.74, 6) is 1.33. The Morgan fingerprint density at radius 2 is 1.81 bits per heavy atom. The molecule has 0 atom stereocenters. The summed E-state index contributed by atoms with van der Waals surface area (Å²) in [7, 11) is 3.08. The summed E-state index contributed by atoms with van der Waals surface area (Å²) < 4.78 is 12.5. The zero-order valence-electron chi connectivity index (χ0n) is 15.0. The van der Waals surface area contributed by atoms with Crippen molar-refractivity contribution in [3.05, 3.63) is 76.2 Å². The lowest BCUT2D eigenvalue weighted by Crippen LogP contribution is -2.19. The van der Waals surface area contributed by atoms with Gasteiger partial charge in [-0.25, -0.2) is 0 Å². The molecule has 134 valence electrons. The number of aromatic nitrogens is 2. The van der Waals surface area contributed by atoms with E-state index in [1.54, 1.807) is 13.3 Å². The molecule has 2 aromatic carbocycles. The van der Waals surface area contributed by atoms with Gasteiger partial charge in [0.15, 0.2) is 0 Å². The maximum absolute atomic E-state index is 12.2. The molecule has 0 amide bonds. The van der Waals surface area contributed by atoms with E-state index in [2.05, 4.69) is 10.3 Å². The molecular weight excluding hydrogens is 330 g/mol. The van der Waals surface area contributed by atoms with E-state index in [0.29, 0.717) is 18.2 Å². The number of methoxy groups -OCH3 is 2. The summed E-state index contributed by atoms with van der Waals surface area (Å²) in [6, 6.07) is 15.7. The number of benzene rings is 2. The molecule has 0 aliphatic carbocycles. The van der Waals surface area contributed by atoms with Crippen molar-refractivity contribution in [2.24, 2.45) is 0 Å². The molecule has 0 aliphatic rings. The van der Waals surface area contributed by atoms with E-state index in [-0.39, 0.29) is 5.75 Å². The van der Waals surface area contributed by atoms with Gasteiger partial charge in [-0.1, -0.05) is 42.5 Å². The minimum atomic E-state index is -0.425. The lowest BCUT2D eigenvalue weighted by atomic mass is 10.2. The van der Waals surface area contributed by atoms with Gasteiger partial charge in [-0.15, -0.1) is 0 Å². The fourth-order valence-corrected chi connectivity index (χ4v) is 2.76. The second-order valence-corrected chi connectivity index (χ2v) is 5.83. The highest BCUT2D eigenvalue weighted by molar-refractivity contribution is 5.65. The van der Waals surface area contributed by atoms with Gasteiger partial charge in [0.25, 0.3) is 0 Å². The Kier molecular flexibility index (Phi) is 5.22. The molecule has 0 bridgehead atoms. The molecule has 0 saturated heterocycles. The van der Waals surface area contributed by atoms with Gasteiger partial charge >= 0.3 is 5.56 Å². The smallest absolute Gasteiger partial charge is 0.316 e. The van der Waals surface area contributed by atoms with Crippen molar-refractivity contribution in [3.8, 4) is 11.5 Å². The standard InChI is InChI=1S/C20H21N3O3/c1-14-8-7-11-16(18(14)26-3)21-20-22-19(24)17(25-2)13-23(20)12-15-9-5-4-6-10-15/h4-11,13H,12H2,1-3H3,(H,21,22,24). The first-order valence-corrected chi connectivity index (χ1v) is 8.22. The molecule has 1 heterocycles. The highest BCUT2D eigenvalue weighted by Gasteiger charge is 2.13. The van der Waals surface area contributed by atoms with Crippen LogP contribution in [0.25, 0.3) is 0 Å². The maximum atomic E-state index is 12.2. The molecule has 3 rings (SSSR count). The van der Waals surface area contributed by atoms with E-state index in [0.717, 1.165) is 16.8 Å². The third-order valence-corrected chi connectivity index (χ3v) is 4.04. The van der Waals surface area contributed by atoms with E-state index in [1.165, 1.54) is 7.11 Å². The highest BCUT2D eigenvalue weighted by atomic mass is 16.5. The minimum Gasteiger partial charge on any atom is -0.494 e. The topological polar surface area (TPSA) is 65.4 Å². The van der Waals surface area contributed by atoms with Crippen LogP contribution >= 0.6 is 0 Å². The fraction of sp³-hybridized carbons (Fsp3) is 0.200. The monoisotopic (exact) mass is 351 g/mol. The third-order valence-electron chi connectivity index (χ3n) is 4.04. The average molecular weight is 351 g/mol. The Bertz CT molecular complexity index is 952. The second-order valence-electron chi connectivity index (χ2n) is 5.83. The molecular formula is C20H21N3O3. The molecule has 3 aromatic rings. The first-order chi connectivity index (χ1) is 12.6. The summed E-state index contributed by atoms with van der Waals surface area (Å²) in [5.41, 5.74) is 2.39. The Labute approximate surface area is 152 Å². The first kappa shape index (κ1) is 17.5. The quantitative estimate of drug-likeness (QED) is 0.738. The van der Waals surface area contributed by atoms with Gasteiger partial charge in [-0.05, 0) is 24.1 Å². The van der Waals surface area contributed by atoms with Crippen LogP contribution in [0.1, 0.15) is 11.1 Å². The van der Waals surface area contributed by atoms with Gasteiger partial charge in [0.05, 0.1) is 32.6 Å². The van der Waals surface area contributed by atoms with Gasteiger partial charge in [0, 0.05) is 0 Å². The average Bonchev–Trinajstić information content (AvgIpc) is 2.65. The van der Waals surface area contributed by atoms with Crippen molar-refractivity contribution < 1.29 is 9.47 Å². The Hall–Kier alpha value is -3.28. The number of anilines is 2. The number of para-hydroxylation sites is 1. The molecule has 0 saturated carbocycles. The number of nitrogens with zero attached hydrogens (tertiary/aromatic N) is 2. The molecule has 1 aromatic heterocycles. The highest BCUT2D eigenvalue weighted by Crippen LogP contribution is 2.30. The Morgan fingerprint density at radius 1 is 1.04 bits per heavy atom. The zero-order valence-corrected chi connectivity index (χ0v) is 15.0. The van der Waals surface area contributed by atoms with Crippen molar-refractivity contribution in [3.63, 3.8) is 0 Å². The molecule has 0 aliphatic heterocycles. The molecule has 0 fully saturated rings. The Morgan fingerprint density at radius 3 is 2.50 bits per heavy atom. The number of hydrogen-bond donors (Lipinski definition) is 1. The molecule has 6 nitrogen and oxygen atoms in total. The van der Waals surface area contributed by atoms with Gasteiger partial charge in [0.2, 0.25) is 11.7 Å². The summed E-state index contributed by atoms with van der Waals surface area (Å²) >= 11 is 0. The van der Waals surface area contributed by atoms with Gasteiger partial charge in [0.1, 0.15) is 5.75 Å². The van der Waals surface area contributed by atoms with Crippen LogP contribution < -0.4 is 20.3 Å². The van der Waals surface area contributed by atoms with Crippen molar-refractivity contribution >= 4 is 11.6 Å². The summed E-state index contributed by atoms with van der Waals surface area (Å²) in [5, 5.41) is 3.22. The van der Waals surface area contributed by atoms with Crippen LogP contribution in [0.5, 0.6) is 11.5 Å². The Balaban J connectivity index is 2.04. The molecule has 0 spiro atoms. The minimum absolute atomic E-state index is 0.197. The lowest BCUT2D eigenvalue weighted by Gasteiger charge is -2.17. The maximum Gasteiger partial charge on any atom is 0.316 e. The summed E-state index contributed by atoms with van der Waals surface area (Å²) in [4.78, 5) is 16.3. The van der Waals surface area contributed by atoms with E-state index < -0.39 is 5.56 Å². The number of ether oxygens (including phenoxy) is 2. The van der Waals surface area contributed by atoms with Gasteiger partial charge in [-0.2, -0.15) is 4.98 Å². The number of rotatable bonds is 6. The molecule has 6 heteroatoms. The van der Waals surface area contributed by atoms with Crippen molar-refractivity contribution in [2.75, 3.05) is 19.5 Å². The first-order valence-electron chi connectivity index (χ1n) is 8.22. The van der Waals surface area contributed by atoms with E-state index in [9.17, 15) is 4.79 Å². The van der Waals surface area contributed by atoms with Crippen LogP contribution in [-0.4, -0.2) is 23.8 Å². The van der Waals surface area contributed by atoms with Crippen LogP contribution in [0.2, 0.25) is 0 Å². The van der Waals surface area contributed by atoms with Crippen LogP contribution in [0.3, 0.4) is 0 Å². The van der Waals surface area contributed by atoms with E-state index >= 15 is 0 Å². The predicted octanol–water partition coefficient (Wildman–Crippen LogP) is 3.36. The van der Waals surface area contributed by atoms with E-state index in [4.69, 9.17) is 9.47 Å². The van der Waals surface area contributed by atoms with Crippen LogP contribution in [0, 0.1) is 6.92 Å². The number of aryl methyl sites for hydroxylation is 1. The van der Waals surface area contributed by atoms with Crippen molar-refractivity contribution in [2.45, 2.75) is 13.5 Å². The molecule has 1 N–H and O–H groups in total. The molecule has 26 heavy (non-hydrogen) atoms. The largest absolute Gasteiger partial charge is 0.494 e. The number of hydrogen-bond acceptors (Lipinski definition) is 5. The zero-order chi connectivity index (χ0) is 18.5. The van der Waals surface area contributed by atoms with Gasteiger partial charge < -0.3 is 19.4 Å². The molecule has 0 radical (unpaired) electrons. The predicted molar refractivity (Wildman–Crippen MR) is 102 cm³/mol. The second kappa shape index (κ2) is 7.74. The molecule has 0 unspecified atom stereocenters. The normalized spacial score (nSPS) is 10.4.